The summed E-state index contributed by atoms with van der Waals surface area (Å²) >= 11 is 0. The van der Waals surface area contributed by atoms with E-state index in [4.69, 9.17) is 9.47 Å². The monoisotopic (exact) mass is 278 g/mol. The molecule has 0 radical (unpaired) electrons. The molecule has 1 aromatic carbocycles. The molecule has 2 N–H and O–H groups in total. The van der Waals surface area contributed by atoms with Crippen molar-refractivity contribution in [1.82, 2.24) is 4.90 Å². The summed E-state index contributed by atoms with van der Waals surface area (Å²) in [5.41, 5.74) is 0.838. The van der Waals surface area contributed by atoms with Gasteiger partial charge in [-0.2, -0.15) is 0 Å². The highest BCUT2D eigenvalue weighted by molar-refractivity contribution is 6.02. The van der Waals surface area contributed by atoms with Crippen LogP contribution in [0.3, 0.4) is 0 Å². The molecule has 6 nitrogen and oxygen atoms in total. The van der Waals surface area contributed by atoms with E-state index in [1.807, 2.05) is 4.90 Å². The molecule has 0 bridgehead atoms. The summed E-state index contributed by atoms with van der Waals surface area (Å²) in [5, 5.41) is 13.4. The van der Waals surface area contributed by atoms with Crippen LogP contribution in [0.1, 0.15) is 23.2 Å². The van der Waals surface area contributed by atoms with Crippen molar-refractivity contribution in [1.29, 1.82) is 0 Å². The molecule has 1 fully saturated rings. The van der Waals surface area contributed by atoms with Crippen molar-refractivity contribution >= 4 is 11.6 Å². The topological polar surface area (TPSA) is 71.0 Å². The average Bonchev–Trinajstić information content (AvgIpc) is 2.90. The molecular weight excluding hydrogens is 260 g/mol. The van der Waals surface area contributed by atoms with E-state index in [0.717, 1.165) is 19.4 Å². The molecule has 6 heteroatoms. The van der Waals surface area contributed by atoms with Crippen LogP contribution in [-0.2, 0) is 4.74 Å². The number of hydrogen-bond acceptors (Lipinski definition) is 5. The Morgan fingerprint density at radius 3 is 2.90 bits per heavy atom. The first-order valence-corrected chi connectivity index (χ1v) is 6.67. The summed E-state index contributed by atoms with van der Waals surface area (Å²) in [4.78, 5) is 14.4. The van der Waals surface area contributed by atoms with Crippen molar-refractivity contribution in [2.45, 2.75) is 25.1 Å². The number of nitrogens with one attached hydrogen (secondary N) is 1. The number of rotatable bonds is 2. The summed E-state index contributed by atoms with van der Waals surface area (Å²) in [6.45, 7) is 0.720. The van der Waals surface area contributed by atoms with Gasteiger partial charge in [-0.1, -0.05) is 0 Å². The first-order chi connectivity index (χ1) is 9.67. The lowest BCUT2D eigenvalue weighted by Gasteiger charge is -2.28. The third kappa shape index (κ3) is 1.79. The predicted molar refractivity (Wildman–Crippen MR) is 73.1 cm³/mol. The van der Waals surface area contributed by atoms with Gasteiger partial charge in [0.25, 0.3) is 5.91 Å². The molecule has 2 atom stereocenters. The second kappa shape index (κ2) is 4.86. The maximum atomic E-state index is 12.6. The number of amides is 1. The minimum atomic E-state index is -0.333. The molecule has 108 valence electrons. The molecular formula is C14H18N2O4. The van der Waals surface area contributed by atoms with Crippen LogP contribution in [-0.4, -0.2) is 48.9 Å². The van der Waals surface area contributed by atoms with Gasteiger partial charge >= 0.3 is 0 Å². The van der Waals surface area contributed by atoms with E-state index in [9.17, 15) is 9.90 Å². The van der Waals surface area contributed by atoms with Crippen LogP contribution in [0.2, 0.25) is 0 Å². The van der Waals surface area contributed by atoms with E-state index >= 15 is 0 Å². The van der Waals surface area contributed by atoms with Gasteiger partial charge in [0.1, 0.15) is 6.23 Å². The molecule has 0 aliphatic carbocycles. The Kier molecular flexibility index (Phi) is 3.17. The summed E-state index contributed by atoms with van der Waals surface area (Å²) < 4.78 is 10.6. The Hall–Kier alpha value is -1.95. The van der Waals surface area contributed by atoms with Crippen molar-refractivity contribution in [3.63, 3.8) is 0 Å². The number of hydrogen-bond donors (Lipinski definition) is 2. The number of benzene rings is 1. The summed E-state index contributed by atoms with van der Waals surface area (Å²) in [6, 6.07) is 3.27. The number of methoxy groups -OCH3 is 2. The van der Waals surface area contributed by atoms with Gasteiger partial charge < -0.3 is 24.8 Å². The first-order valence-electron chi connectivity index (χ1n) is 6.67. The number of carbonyl (C=O) groups excluding carboxylic acids is 1. The van der Waals surface area contributed by atoms with Crippen molar-refractivity contribution in [2.24, 2.45) is 0 Å². The van der Waals surface area contributed by atoms with Crippen LogP contribution in [0.15, 0.2) is 12.1 Å². The summed E-state index contributed by atoms with van der Waals surface area (Å²) in [6.07, 6.45) is 1.53. The predicted octanol–water partition coefficient (Wildman–Crippen LogP) is 1.40. The second-order valence-electron chi connectivity index (χ2n) is 5.05. The number of anilines is 1. The SMILES string of the molecule is COc1ccc2c(c1O)NC(OC)C1CCCN1C2=O. The quantitative estimate of drug-likeness (QED) is 0.800. The third-order valence-corrected chi connectivity index (χ3v) is 4.04. The zero-order chi connectivity index (χ0) is 14.3. The van der Waals surface area contributed by atoms with Gasteiger partial charge in [0.2, 0.25) is 0 Å². The lowest BCUT2D eigenvalue weighted by molar-refractivity contribution is 0.0420. The fourth-order valence-corrected chi connectivity index (χ4v) is 3.03. The van der Waals surface area contributed by atoms with Gasteiger partial charge in [0, 0.05) is 13.7 Å². The van der Waals surface area contributed by atoms with Crippen LogP contribution in [0, 0.1) is 0 Å². The highest BCUT2D eigenvalue weighted by Gasteiger charge is 2.40. The Labute approximate surface area is 117 Å². The molecule has 1 aromatic rings. The molecule has 0 spiro atoms. The lowest BCUT2D eigenvalue weighted by atomic mass is 10.1. The average molecular weight is 278 g/mol. The van der Waals surface area contributed by atoms with E-state index in [-0.39, 0.29) is 23.9 Å². The van der Waals surface area contributed by atoms with E-state index in [1.165, 1.54) is 7.11 Å². The van der Waals surface area contributed by atoms with Crippen molar-refractivity contribution < 1.29 is 19.4 Å². The lowest BCUT2D eigenvalue weighted by Crippen LogP contribution is -2.44. The minimum Gasteiger partial charge on any atom is -0.503 e. The molecule has 0 saturated carbocycles. The van der Waals surface area contributed by atoms with Crippen LogP contribution in [0.25, 0.3) is 0 Å². The van der Waals surface area contributed by atoms with Crippen LogP contribution in [0.4, 0.5) is 5.69 Å². The highest BCUT2D eigenvalue weighted by Crippen LogP contribution is 2.41. The van der Waals surface area contributed by atoms with Gasteiger partial charge in [0.05, 0.1) is 24.4 Å². The number of phenols is 1. The Morgan fingerprint density at radius 1 is 1.40 bits per heavy atom. The largest absolute Gasteiger partial charge is 0.503 e. The highest BCUT2D eigenvalue weighted by atomic mass is 16.5. The van der Waals surface area contributed by atoms with E-state index < -0.39 is 0 Å². The maximum absolute atomic E-state index is 12.6. The molecule has 2 aliphatic heterocycles. The van der Waals surface area contributed by atoms with Crippen molar-refractivity contribution in [2.75, 3.05) is 26.1 Å². The van der Waals surface area contributed by atoms with Crippen molar-refractivity contribution in [3.8, 4) is 11.5 Å². The van der Waals surface area contributed by atoms with Gasteiger partial charge in [-0.15, -0.1) is 0 Å². The molecule has 2 unspecified atom stereocenters. The third-order valence-electron chi connectivity index (χ3n) is 4.04. The van der Waals surface area contributed by atoms with Gasteiger partial charge in [-0.05, 0) is 25.0 Å². The number of nitrogens with zero attached hydrogens (tertiary/aromatic N) is 1. The molecule has 3 rings (SSSR count). The number of carbonyl (C=O) groups is 1. The summed E-state index contributed by atoms with van der Waals surface area (Å²) in [5.74, 6) is 0.204. The normalized spacial score (nSPS) is 24.7. The number of aromatic hydroxyl groups is 1. The molecule has 1 amide bonds. The van der Waals surface area contributed by atoms with Gasteiger partial charge in [-0.25, -0.2) is 0 Å². The maximum Gasteiger partial charge on any atom is 0.256 e. The fourth-order valence-electron chi connectivity index (χ4n) is 3.03. The Morgan fingerprint density at radius 2 is 2.20 bits per heavy atom. The number of fused-ring (bicyclic) bond motifs is 2. The Bertz CT molecular complexity index is 546. The van der Waals surface area contributed by atoms with E-state index in [1.54, 1.807) is 19.2 Å². The smallest absolute Gasteiger partial charge is 0.256 e. The van der Waals surface area contributed by atoms with E-state index in [0.29, 0.717) is 17.0 Å². The fraction of sp³-hybridized carbons (Fsp3) is 0.500. The molecule has 2 aliphatic rings. The standard InChI is InChI=1S/C14H18N2O4/c1-19-10-6-5-8-11(12(10)17)15-13(20-2)9-4-3-7-16(9)14(8)18/h5-6,9,13,15,17H,3-4,7H2,1-2H3. The zero-order valence-corrected chi connectivity index (χ0v) is 11.5. The Balaban J connectivity index is 2.11. The molecule has 1 saturated heterocycles. The van der Waals surface area contributed by atoms with Gasteiger partial charge in [-0.3, -0.25) is 4.79 Å². The minimum absolute atomic E-state index is 0.00899. The molecule has 2 heterocycles. The van der Waals surface area contributed by atoms with Crippen LogP contribution < -0.4 is 10.1 Å². The van der Waals surface area contributed by atoms with Crippen LogP contribution >= 0.6 is 0 Å². The number of ether oxygens (including phenoxy) is 2. The van der Waals surface area contributed by atoms with Crippen molar-refractivity contribution in [3.05, 3.63) is 17.7 Å². The zero-order valence-electron chi connectivity index (χ0n) is 11.5. The molecule has 20 heavy (non-hydrogen) atoms. The second-order valence-corrected chi connectivity index (χ2v) is 5.05. The first kappa shape index (κ1) is 13.1. The summed E-state index contributed by atoms with van der Waals surface area (Å²) in [7, 11) is 3.08. The van der Waals surface area contributed by atoms with Gasteiger partial charge in [0.15, 0.2) is 11.5 Å². The number of phenolic OH excluding ortho intramolecular Hbond substituents is 1. The molecule has 0 aromatic heterocycles. The van der Waals surface area contributed by atoms with Crippen LogP contribution in [0.5, 0.6) is 11.5 Å². The van der Waals surface area contributed by atoms with E-state index in [2.05, 4.69) is 5.32 Å².